The minimum atomic E-state index is -0.170. The summed E-state index contributed by atoms with van der Waals surface area (Å²) in [6.45, 7) is 12.5. The van der Waals surface area contributed by atoms with Gasteiger partial charge in [0.2, 0.25) is 0 Å². The van der Waals surface area contributed by atoms with Gasteiger partial charge in [-0.2, -0.15) is 0 Å². The third-order valence-corrected chi connectivity index (χ3v) is 3.77. The smallest absolute Gasteiger partial charge is 0.172 e. The summed E-state index contributed by atoms with van der Waals surface area (Å²) in [5.41, 5.74) is 0. The summed E-state index contributed by atoms with van der Waals surface area (Å²) in [5, 5.41) is 0. The van der Waals surface area contributed by atoms with Crippen LogP contribution in [0.15, 0.2) is 0 Å². The second-order valence-corrected chi connectivity index (χ2v) is 5.18. The normalized spacial score (nSPS) is 25.5. The predicted molar refractivity (Wildman–Crippen MR) is 75.6 cm³/mol. The van der Waals surface area contributed by atoms with Crippen molar-refractivity contribution < 1.29 is 18.9 Å². The molecule has 2 aliphatic heterocycles. The molecule has 0 radical (unpaired) electrons. The predicted octanol–water partition coefficient (Wildman–Crippen LogP) is 0.376. The Hall–Kier alpha value is -0.240. The van der Waals surface area contributed by atoms with Gasteiger partial charge in [-0.05, 0) is 13.8 Å². The van der Waals surface area contributed by atoms with Gasteiger partial charge in [0.05, 0.1) is 26.4 Å². The van der Waals surface area contributed by atoms with Crippen LogP contribution in [-0.4, -0.2) is 88.1 Å². The Morgan fingerprint density at radius 3 is 2.20 bits per heavy atom. The van der Waals surface area contributed by atoms with Crippen molar-refractivity contribution in [2.45, 2.75) is 26.4 Å². The van der Waals surface area contributed by atoms with Crippen LogP contribution in [-0.2, 0) is 18.9 Å². The Balaban J connectivity index is 1.77. The third kappa shape index (κ3) is 5.27. The molecule has 0 aromatic heterocycles. The summed E-state index contributed by atoms with van der Waals surface area (Å²) >= 11 is 0. The maximum Gasteiger partial charge on any atom is 0.172 e. The van der Waals surface area contributed by atoms with Gasteiger partial charge >= 0.3 is 0 Å². The summed E-state index contributed by atoms with van der Waals surface area (Å²) in [6, 6.07) is 0. The molecule has 2 rings (SSSR count). The third-order valence-electron chi connectivity index (χ3n) is 3.77. The Labute approximate surface area is 121 Å². The molecule has 6 nitrogen and oxygen atoms in total. The van der Waals surface area contributed by atoms with E-state index in [4.69, 9.17) is 18.9 Å². The van der Waals surface area contributed by atoms with Crippen LogP contribution in [0.3, 0.4) is 0 Å². The van der Waals surface area contributed by atoms with Crippen LogP contribution >= 0.6 is 0 Å². The maximum absolute atomic E-state index is 6.10. The molecule has 0 aromatic rings. The minimum Gasteiger partial charge on any atom is -0.379 e. The van der Waals surface area contributed by atoms with Gasteiger partial charge in [-0.15, -0.1) is 0 Å². The van der Waals surface area contributed by atoms with Crippen LogP contribution in [0.5, 0.6) is 0 Å². The first kappa shape index (κ1) is 16.1. The first-order chi connectivity index (χ1) is 9.79. The number of morpholine rings is 2. The molecule has 2 unspecified atom stereocenters. The van der Waals surface area contributed by atoms with Crippen LogP contribution in [0, 0.1) is 0 Å². The van der Waals surface area contributed by atoms with Crippen molar-refractivity contribution in [2.75, 3.05) is 65.8 Å². The minimum absolute atomic E-state index is 0.0662. The highest BCUT2D eigenvalue weighted by Gasteiger charge is 2.23. The molecule has 20 heavy (non-hydrogen) atoms. The Kier molecular flexibility index (Phi) is 7.19. The highest BCUT2D eigenvalue weighted by molar-refractivity contribution is 4.67. The quantitative estimate of drug-likeness (QED) is 0.631. The molecule has 2 atom stereocenters. The molecule has 0 spiro atoms. The lowest BCUT2D eigenvalue weighted by atomic mass is 10.4. The van der Waals surface area contributed by atoms with E-state index in [0.29, 0.717) is 6.61 Å². The maximum atomic E-state index is 6.10. The van der Waals surface area contributed by atoms with Gasteiger partial charge < -0.3 is 18.9 Å². The van der Waals surface area contributed by atoms with Gasteiger partial charge in [0.15, 0.2) is 6.29 Å². The Morgan fingerprint density at radius 2 is 1.60 bits per heavy atom. The summed E-state index contributed by atoms with van der Waals surface area (Å²) in [7, 11) is 0. The van der Waals surface area contributed by atoms with Gasteiger partial charge in [-0.1, -0.05) is 0 Å². The molecular formula is C14H28N2O4. The molecule has 2 heterocycles. The highest BCUT2D eigenvalue weighted by atomic mass is 16.7. The van der Waals surface area contributed by atoms with Crippen LogP contribution in [0.4, 0.5) is 0 Å². The van der Waals surface area contributed by atoms with E-state index < -0.39 is 0 Å². The van der Waals surface area contributed by atoms with Crippen molar-refractivity contribution >= 4 is 0 Å². The van der Waals surface area contributed by atoms with Crippen LogP contribution in [0.25, 0.3) is 0 Å². The number of hydrogen-bond acceptors (Lipinski definition) is 6. The molecule has 0 N–H and O–H groups in total. The molecule has 118 valence electrons. The number of ether oxygens (including phenoxy) is 4. The van der Waals surface area contributed by atoms with E-state index in [9.17, 15) is 0 Å². The highest BCUT2D eigenvalue weighted by Crippen LogP contribution is 2.10. The average Bonchev–Trinajstić information content (AvgIpc) is 2.49. The lowest BCUT2D eigenvalue weighted by Gasteiger charge is -2.36. The fourth-order valence-corrected chi connectivity index (χ4v) is 2.56. The molecule has 2 fully saturated rings. The monoisotopic (exact) mass is 288 g/mol. The zero-order valence-electron chi connectivity index (χ0n) is 12.8. The van der Waals surface area contributed by atoms with Gasteiger partial charge in [0, 0.05) is 39.3 Å². The van der Waals surface area contributed by atoms with E-state index in [2.05, 4.69) is 16.7 Å². The van der Waals surface area contributed by atoms with E-state index in [1.807, 2.05) is 6.92 Å². The molecule has 6 heteroatoms. The van der Waals surface area contributed by atoms with Gasteiger partial charge in [0.1, 0.15) is 6.23 Å². The van der Waals surface area contributed by atoms with Crippen molar-refractivity contribution in [3.63, 3.8) is 0 Å². The van der Waals surface area contributed by atoms with E-state index in [0.717, 1.165) is 59.2 Å². The summed E-state index contributed by atoms with van der Waals surface area (Å²) < 4.78 is 22.6. The molecule has 0 saturated carbocycles. The molecule has 0 aliphatic carbocycles. The zero-order chi connectivity index (χ0) is 14.2. The summed E-state index contributed by atoms with van der Waals surface area (Å²) in [4.78, 5) is 4.64. The molecule has 0 amide bonds. The molecular weight excluding hydrogens is 260 g/mol. The fraction of sp³-hybridized carbons (Fsp3) is 1.00. The van der Waals surface area contributed by atoms with Crippen molar-refractivity contribution in [3.05, 3.63) is 0 Å². The summed E-state index contributed by atoms with van der Waals surface area (Å²) in [5.74, 6) is 0. The number of nitrogens with zero attached hydrogens (tertiary/aromatic N) is 2. The average molecular weight is 288 g/mol. The Bertz CT molecular complexity index is 256. The van der Waals surface area contributed by atoms with E-state index in [-0.39, 0.29) is 12.5 Å². The van der Waals surface area contributed by atoms with E-state index >= 15 is 0 Å². The van der Waals surface area contributed by atoms with Crippen molar-refractivity contribution in [2.24, 2.45) is 0 Å². The molecule has 0 aromatic carbocycles. The number of hydrogen-bond donors (Lipinski definition) is 0. The first-order valence-corrected chi connectivity index (χ1v) is 7.68. The van der Waals surface area contributed by atoms with Crippen molar-refractivity contribution in [1.29, 1.82) is 0 Å². The van der Waals surface area contributed by atoms with Crippen LogP contribution in [0.2, 0.25) is 0 Å². The lowest BCUT2D eigenvalue weighted by molar-refractivity contribution is -0.215. The van der Waals surface area contributed by atoms with Gasteiger partial charge in [-0.25, -0.2) is 0 Å². The summed E-state index contributed by atoms with van der Waals surface area (Å²) in [6.07, 6.45) is -0.104. The van der Waals surface area contributed by atoms with Gasteiger partial charge in [0.25, 0.3) is 0 Å². The standard InChI is InChI=1S/C14H28N2O4/c1-3-19-14(12-15-4-8-17-9-5-15)20-13(2)16-6-10-18-11-7-16/h13-14H,3-12H2,1-2H3. The van der Waals surface area contributed by atoms with Crippen molar-refractivity contribution in [3.8, 4) is 0 Å². The largest absolute Gasteiger partial charge is 0.379 e. The fourth-order valence-electron chi connectivity index (χ4n) is 2.56. The zero-order valence-corrected chi connectivity index (χ0v) is 12.8. The molecule has 2 saturated heterocycles. The topological polar surface area (TPSA) is 43.4 Å². The Morgan fingerprint density at radius 1 is 1.00 bits per heavy atom. The van der Waals surface area contributed by atoms with Crippen molar-refractivity contribution in [1.82, 2.24) is 9.80 Å². The molecule has 0 bridgehead atoms. The number of rotatable bonds is 7. The second-order valence-electron chi connectivity index (χ2n) is 5.18. The SMILES string of the molecule is CCOC(CN1CCOCC1)OC(C)N1CCOCC1. The lowest BCUT2D eigenvalue weighted by Crippen LogP contribution is -2.48. The van der Waals surface area contributed by atoms with Crippen LogP contribution < -0.4 is 0 Å². The molecule has 2 aliphatic rings. The van der Waals surface area contributed by atoms with Gasteiger partial charge in [-0.3, -0.25) is 9.80 Å². The second kappa shape index (κ2) is 8.92. The van der Waals surface area contributed by atoms with Crippen LogP contribution in [0.1, 0.15) is 13.8 Å². The first-order valence-electron chi connectivity index (χ1n) is 7.68. The van der Waals surface area contributed by atoms with E-state index in [1.54, 1.807) is 0 Å². The van der Waals surface area contributed by atoms with E-state index in [1.165, 1.54) is 0 Å².